The third-order valence-electron chi connectivity index (χ3n) is 7.23. The van der Waals surface area contributed by atoms with E-state index in [4.69, 9.17) is 9.47 Å². The Morgan fingerprint density at radius 1 is 1.03 bits per heavy atom. The van der Waals surface area contributed by atoms with Gasteiger partial charge < -0.3 is 14.5 Å². The van der Waals surface area contributed by atoms with Crippen molar-refractivity contribution in [2.75, 3.05) is 20.8 Å². The van der Waals surface area contributed by atoms with Crippen LogP contribution in [0.4, 0.5) is 0 Å². The van der Waals surface area contributed by atoms with Crippen LogP contribution in [0.3, 0.4) is 0 Å². The van der Waals surface area contributed by atoms with Crippen LogP contribution in [0.2, 0.25) is 0 Å². The Hall–Kier alpha value is -3.72. The number of hydrogen-bond acceptors (Lipinski definition) is 7. The highest BCUT2D eigenvalue weighted by atomic mass is 16.5. The maximum atomic E-state index is 13.0. The highest BCUT2D eigenvalue weighted by molar-refractivity contribution is 5.79. The quantitative estimate of drug-likeness (QED) is 0.347. The summed E-state index contributed by atoms with van der Waals surface area (Å²) in [4.78, 5) is 18.3. The van der Waals surface area contributed by atoms with E-state index >= 15 is 0 Å². The van der Waals surface area contributed by atoms with E-state index in [0.29, 0.717) is 30.6 Å². The SMILES string of the molecule is COc1ccc(CCN(Cc2cc3cc(C)ccc3[nH]c2=O)Cc2nnnn2C2CCCC2)cc1OC. The van der Waals surface area contributed by atoms with E-state index < -0.39 is 0 Å². The van der Waals surface area contributed by atoms with Crippen LogP contribution >= 0.6 is 0 Å². The van der Waals surface area contributed by atoms with Gasteiger partial charge in [0, 0.05) is 24.2 Å². The molecule has 9 heteroatoms. The smallest absolute Gasteiger partial charge is 0.252 e. The Morgan fingerprint density at radius 3 is 2.62 bits per heavy atom. The largest absolute Gasteiger partial charge is 0.493 e. The Bertz CT molecular complexity index is 1420. The number of benzene rings is 2. The van der Waals surface area contributed by atoms with Crippen molar-refractivity contribution in [2.45, 2.75) is 58.2 Å². The zero-order valence-electron chi connectivity index (χ0n) is 21.7. The van der Waals surface area contributed by atoms with Crippen LogP contribution in [-0.4, -0.2) is 50.9 Å². The average Bonchev–Trinajstić information content (AvgIpc) is 3.60. The van der Waals surface area contributed by atoms with Crippen molar-refractivity contribution >= 4 is 10.9 Å². The van der Waals surface area contributed by atoms with Crippen molar-refractivity contribution in [3.8, 4) is 11.5 Å². The summed E-state index contributed by atoms with van der Waals surface area (Å²) >= 11 is 0. The summed E-state index contributed by atoms with van der Waals surface area (Å²) in [6.07, 6.45) is 5.40. The second-order valence-electron chi connectivity index (χ2n) is 9.84. The molecule has 1 aliphatic rings. The lowest BCUT2D eigenvalue weighted by Crippen LogP contribution is -2.30. The maximum absolute atomic E-state index is 13.0. The second kappa shape index (κ2) is 11.1. The van der Waals surface area contributed by atoms with Crippen LogP contribution in [0, 0.1) is 6.92 Å². The molecule has 0 bridgehead atoms. The van der Waals surface area contributed by atoms with Gasteiger partial charge in [-0.25, -0.2) is 4.68 Å². The predicted molar refractivity (Wildman–Crippen MR) is 142 cm³/mol. The highest BCUT2D eigenvalue weighted by Crippen LogP contribution is 2.30. The number of ether oxygens (including phenoxy) is 2. The normalized spacial score (nSPS) is 14.1. The standard InChI is InChI=1S/C28H34N6O3/c1-19-8-10-24-21(14-19)16-22(28(35)29-24)17-33(13-12-20-9-11-25(36-2)26(15-20)37-3)18-27-30-31-32-34(27)23-6-4-5-7-23/h8-11,14-16,23H,4-7,12-13,17-18H2,1-3H3,(H,29,35). The van der Waals surface area contributed by atoms with Gasteiger partial charge in [-0.05, 0) is 77.9 Å². The summed E-state index contributed by atoms with van der Waals surface area (Å²) in [5.41, 5.74) is 3.79. The third-order valence-corrected chi connectivity index (χ3v) is 7.23. The number of tetrazole rings is 1. The third kappa shape index (κ3) is 5.67. The number of nitrogens with one attached hydrogen (secondary N) is 1. The molecule has 0 spiro atoms. The highest BCUT2D eigenvalue weighted by Gasteiger charge is 2.23. The number of rotatable bonds is 10. The van der Waals surface area contributed by atoms with Crippen molar-refractivity contribution in [1.29, 1.82) is 0 Å². The molecule has 4 aromatic rings. The first kappa shape index (κ1) is 25.0. The van der Waals surface area contributed by atoms with Crippen molar-refractivity contribution < 1.29 is 9.47 Å². The zero-order valence-corrected chi connectivity index (χ0v) is 21.7. The van der Waals surface area contributed by atoms with E-state index in [-0.39, 0.29) is 5.56 Å². The molecule has 1 saturated carbocycles. The van der Waals surface area contributed by atoms with Gasteiger partial charge in [-0.3, -0.25) is 9.69 Å². The van der Waals surface area contributed by atoms with Crippen LogP contribution in [0.15, 0.2) is 47.3 Å². The fourth-order valence-corrected chi connectivity index (χ4v) is 5.22. The number of methoxy groups -OCH3 is 2. The molecule has 5 rings (SSSR count). The molecule has 0 atom stereocenters. The molecule has 0 aliphatic heterocycles. The Morgan fingerprint density at radius 2 is 1.84 bits per heavy atom. The van der Waals surface area contributed by atoms with Gasteiger partial charge in [0.05, 0.1) is 26.8 Å². The number of H-pyrrole nitrogens is 1. The Balaban J connectivity index is 1.41. The summed E-state index contributed by atoms with van der Waals surface area (Å²) in [6, 6.07) is 14.4. The molecule has 37 heavy (non-hydrogen) atoms. The fourth-order valence-electron chi connectivity index (χ4n) is 5.22. The van der Waals surface area contributed by atoms with Crippen LogP contribution < -0.4 is 15.0 Å². The van der Waals surface area contributed by atoms with Gasteiger partial charge in [-0.2, -0.15) is 0 Å². The first-order valence-electron chi connectivity index (χ1n) is 12.9. The Kier molecular flexibility index (Phi) is 7.50. The summed E-state index contributed by atoms with van der Waals surface area (Å²) < 4.78 is 12.9. The van der Waals surface area contributed by atoms with Gasteiger partial charge in [0.15, 0.2) is 17.3 Å². The van der Waals surface area contributed by atoms with Gasteiger partial charge in [0.25, 0.3) is 5.56 Å². The van der Waals surface area contributed by atoms with Crippen LogP contribution in [0.25, 0.3) is 10.9 Å². The van der Waals surface area contributed by atoms with Gasteiger partial charge in [0.1, 0.15) is 0 Å². The van der Waals surface area contributed by atoms with Crippen molar-refractivity contribution in [3.63, 3.8) is 0 Å². The number of aromatic amines is 1. The van der Waals surface area contributed by atoms with Crippen molar-refractivity contribution in [3.05, 3.63) is 75.3 Å². The van der Waals surface area contributed by atoms with Crippen molar-refractivity contribution in [1.82, 2.24) is 30.1 Å². The van der Waals surface area contributed by atoms with E-state index in [1.165, 1.54) is 12.8 Å². The van der Waals surface area contributed by atoms with Gasteiger partial charge >= 0.3 is 0 Å². The van der Waals surface area contributed by atoms with E-state index in [2.05, 4.69) is 38.4 Å². The number of aromatic nitrogens is 5. The minimum atomic E-state index is -0.0668. The topological polar surface area (TPSA) is 98.2 Å². The molecule has 1 aliphatic carbocycles. The molecule has 9 nitrogen and oxygen atoms in total. The molecule has 2 aromatic heterocycles. The van der Waals surface area contributed by atoms with E-state index in [1.54, 1.807) is 14.2 Å². The summed E-state index contributed by atoms with van der Waals surface area (Å²) in [5, 5.41) is 13.7. The molecule has 0 saturated heterocycles. The summed E-state index contributed by atoms with van der Waals surface area (Å²) in [5.74, 6) is 2.25. The number of fused-ring (bicyclic) bond motifs is 1. The molecule has 1 N–H and O–H groups in total. The monoisotopic (exact) mass is 502 g/mol. The van der Waals surface area contributed by atoms with E-state index in [0.717, 1.165) is 59.2 Å². The lowest BCUT2D eigenvalue weighted by molar-refractivity contribution is 0.243. The number of pyridine rings is 1. The lowest BCUT2D eigenvalue weighted by atomic mass is 10.1. The van der Waals surface area contributed by atoms with Gasteiger partial charge in [-0.15, -0.1) is 5.10 Å². The molecule has 194 valence electrons. The second-order valence-corrected chi connectivity index (χ2v) is 9.84. The molecule has 0 unspecified atom stereocenters. The first-order chi connectivity index (χ1) is 18.0. The van der Waals surface area contributed by atoms with E-state index in [9.17, 15) is 4.79 Å². The Labute approximate surface area is 216 Å². The average molecular weight is 503 g/mol. The van der Waals surface area contributed by atoms with E-state index in [1.807, 2.05) is 41.1 Å². The zero-order chi connectivity index (χ0) is 25.8. The first-order valence-corrected chi connectivity index (χ1v) is 12.9. The van der Waals surface area contributed by atoms with Crippen molar-refractivity contribution in [2.24, 2.45) is 0 Å². The summed E-state index contributed by atoms with van der Waals surface area (Å²) in [7, 11) is 3.28. The molecular formula is C28H34N6O3. The number of aryl methyl sites for hydroxylation is 1. The molecule has 0 radical (unpaired) electrons. The molecule has 2 aromatic carbocycles. The molecule has 2 heterocycles. The van der Waals surface area contributed by atoms with Gasteiger partial charge in [-0.1, -0.05) is 30.5 Å². The predicted octanol–water partition coefficient (Wildman–Crippen LogP) is 4.20. The van der Waals surface area contributed by atoms with Crippen LogP contribution in [0.1, 0.15) is 54.2 Å². The number of hydrogen-bond donors (Lipinski definition) is 1. The number of nitrogens with zero attached hydrogens (tertiary/aromatic N) is 5. The van der Waals surface area contributed by atoms with Crippen LogP contribution in [0.5, 0.6) is 11.5 Å². The molecular weight excluding hydrogens is 468 g/mol. The molecule has 0 amide bonds. The maximum Gasteiger partial charge on any atom is 0.252 e. The van der Waals surface area contributed by atoms with Crippen LogP contribution in [-0.2, 0) is 19.5 Å². The van der Waals surface area contributed by atoms with Gasteiger partial charge in [0.2, 0.25) is 0 Å². The molecule has 1 fully saturated rings. The lowest BCUT2D eigenvalue weighted by Gasteiger charge is -2.23. The summed E-state index contributed by atoms with van der Waals surface area (Å²) in [6.45, 7) is 3.83. The minimum absolute atomic E-state index is 0.0668. The minimum Gasteiger partial charge on any atom is -0.493 e. The fraction of sp³-hybridized carbons (Fsp3) is 0.429.